The van der Waals surface area contributed by atoms with E-state index in [2.05, 4.69) is 40.1 Å². The molecule has 0 amide bonds. The molecule has 2 aliphatic carbocycles. The van der Waals surface area contributed by atoms with Crippen LogP contribution in [0.1, 0.15) is 49.8 Å². The van der Waals surface area contributed by atoms with Gasteiger partial charge in [0.2, 0.25) is 21.9 Å². The number of aromatic hydroxyl groups is 1. The lowest BCUT2D eigenvalue weighted by atomic mass is 9.92. The van der Waals surface area contributed by atoms with Crippen LogP contribution in [0.2, 0.25) is 0 Å². The van der Waals surface area contributed by atoms with Crippen LogP contribution < -0.4 is 26.6 Å². The maximum atomic E-state index is 12.8. The normalized spacial score (nSPS) is 20.6. The highest BCUT2D eigenvalue weighted by molar-refractivity contribution is 7.89. The summed E-state index contributed by atoms with van der Waals surface area (Å²) in [5.74, 6) is 0.0796. The average molecular weight is 563 g/mol. The van der Waals surface area contributed by atoms with Gasteiger partial charge in [0.05, 0.1) is 28.8 Å². The minimum Gasteiger partial charge on any atom is -0.493 e. The van der Waals surface area contributed by atoms with Crippen molar-refractivity contribution in [1.29, 1.82) is 5.26 Å². The molecular formula is C25H26N10O4S. The van der Waals surface area contributed by atoms with Crippen LogP contribution in [0.3, 0.4) is 0 Å². The van der Waals surface area contributed by atoms with Crippen molar-refractivity contribution in [3.8, 4) is 11.9 Å². The van der Waals surface area contributed by atoms with E-state index in [1.165, 1.54) is 16.6 Å². The number of benzene rings is 1. The Hall–Kier alpha value is -4.55. The summed E-state index contributed by atoms with van der Waals surface area (Å²) < 4.78 is 30.0. The molecule has 0 aliphatic heterocycles. The molecule has 0 unspecified atom stereocenters. The van der Waals surface area contributed by atoms with Crippen LogP contribution in [-0.4, -0.2) is 61.2 Å². The Labute approximate surface area is 227 Å². The third-order valence-electron chi connectivity index (χ3n) is 6.91. The van der Waals surface area contributed by atoms with Crippen molar-refractivity contribution in [2.24, 2.45) is 4.99 Å². The predicted molar refractivity (Wildman–Crippen MR) is 142 cm³/mol. The van der Waals surface area contributed by atoms with E-state index in [4.69, 9.17) is 5.26 Å². The van der Waals surface area contributed by atoms with E-state index in [1.54, 1.807) is 24.4 Å². The summed E-state index contributed by atoms with van der Waals surface area (Å²) in [6, 6.07) is 7.89. The third kappa shape index (κ3) is 5.44. The van der Waals surface area contributed by atoms with Crippen LogP contribution >= 0.6 is 0 Å². The molecule has 3 aromatic heterocycles. The molecule has 2 fully saturated rings. The number of anilines is 1. The van der Waals surface area contributed by atoms with Crippen LogP contribution in [0.4, 0.5) is 5.95 Å². The second-order valence-corrected chi connectivity index (χ2v) is 11.7. The topological polar surface area (TPSA) is 206 Å². The largest absolute Gasteiger partial charge is 0.493 e. The van der Waals surface area contributed by atoms with Crippen molar-refractivity contribution in [2.45, 2.75) is 61.5 Å². The second-order valence-electron chi connectivity index (χ2n) is 9.98. The van der Waals surface area contributed by atoms with Gasteiger partial charge in [0.1, 0.15) is 5.69 Å². The fourth-order valence-corrected chi connectivity index (χ4v) is 6.05. The number of aromatic nitrogens is 6. The minimum absolute atomic E-state index is 0.0133. The van der Waals surface area contributed by atoms with Gasteiger partial charge >= 0.3 is 5.69 Å². The van der Waals surface area contributed by atoms with Crippen LogP contribution in [0, 0.1) is 11.3 Å². The highest BCUT2D eigenvalue weighted by Crippen LogP contribution is 2.24. The third-order valence-corrected chi connectivity index (χ3v) is 8.43. The van der Waals surface area contributed by atoms with E-state index in [0.717, 1.165) is 12.8 Å². The van der Waals surface area contributed by atoms with Gasteiger partial charge in [-0.3, -0.25) is 4.98 Å². The number of fused-ring (bicyclic) bond motifs is 1. The maximum absolute atomic E-state index is 12.8. The second kappa shape index (κ2) is 10.2. The number of hydrogen-bond donors (Lipinski definition) is 5. The van der Waals surface area contributed by atoms with Crippen LogP contribution in [0.25, 0.3) is 11.7 Å². The van der Waals surface area contributed by atoms with Gasteiger partial charge in [-0.15, -0.1) is 0 Å². The van der Waals surface area contributed by atoms with Gasteiger partial charge in [-0.2, -0.15) is 24.8 Å². The summed E-state index contributed by atoms with van der Waals surface area (Å²) in [6.45, 7) is 0. The summed E-state index contributed by atoms with van der Waals surface area (Å²) in [6.07, 6.45) is 7.69. The van der Waals surface area contributed by atoms with Crippen molar-refractivity contribution in [1.82, 2.24) is 34.3 Å². The van der Waals surface area contributed by atoms with E-state index < -0.39 is 15.7 Å². The van der Waals surface area contributed by atoms with E-state index in [1.807, 2.05) is 6.07 Å². The number of sulfonamides is 1. The molecule has 6 rings (SSSR count). The van der Waals surface area contributed by atoms with Crippen LogP contribution in [-0.2, 0) is 10.0 Å². The minimum atomic E-state index is -3.74. The Morgan fingerprint density at radius 1 is 1.12 bits per heavy atom. The Kier molecular flexibility index (Phi) is 6.56. The fraction of sp³-hybridized carbons (Fsp3) is 0.360. The molecule has 5 N–H and O–H groups in total. The zero-order valence-corrected chi connectivity index (χ0v) is 22.0. The van der Waals surface area contributed by atoms with E-state index in [-0.39, 0.29) is 40.2 Å². The van der Waals surface area contributed by atoms with Gasteiger partial charge in [-0.25, -0.2) is 22.9 Å². The molecular weight excluding hydrogens is 536 g/mol. The summed E-state index contributed by atoms with van der Waals surface area (Å²) in [4.78, 5) is 30.3. The molecule has 0 saturated heterocycles. The Morgan fingerprint density at radius 3 is 2.60 bits per heavy atom. The zero-order valence-electron chi connectivity index (χ0n) is 21.2. The Bertz CT molecular complexity index is 1910. The Morgan fingerprint density at radius 2 is 1.90 bits per heavy atom. The number of nitrogens with one attached hydrogen (secondary N) is 4. The standard InChI is InChI=1S/C25H26N10O4S/c26-12-14-2-1-3-19(10-14)40(38,39)34-18-8-6-16(7-9-18)28-23-31-21-15(11-20-22(36)32-25(37)30-20)13-27-35(21)24(33-23)29-17-4-5-17/h1-3,10-11,13,16-18,34,36H,4-9H2,(H,28,29,33)(H2,30,32,37). The lowest BCUT2D eigenvalue weighted by Crippen LogP contribution is -2.40. The van der Waals surface area contributed by atoms with Gasteiger partial charge in [-0.1, -0.05) is 6.07 Å². The molecule has 0 atom stereocenters. The summed E-state index contributed by atoms with van der Waals surface area (Å²) in [7, 11) is -3.74. The first-order valence-electron chi connectivity index (χ1n) is 12.9. The SMILES string of the molecule is N#Cc1cccc(S(=O)(=O)NC2CCC(Nc3nc(=NC4CC4)n4ncc(=Cc5[nH]c(=O)[nH]c5O)c4n3)CC2)c1. The number of hydrogen-bond acceptors (Lipinski definition) is 10. The smallest absolute Gasteiger partial charge is 0.326 e. The van der Waals surface area contributed by atoms with E-state index in [9.17, 15) is 18.3 Å². The van der Waals surface area contributed by atoms with E-state index in [0.29, 0.717) is 48.1 Å². The summed E-state index contributed by atoms with van der Waals surface area (Å²) in [5, 5.41) is 27.4. The molecule has 0 bridgehead atoms. The number of nitrogens with zero attached hydrogens (tertiary/aromatic N) is 6. The maximum Gasteiger partial charge on any atom is 0.326 e. The van der Waals surface area contributed by atoms with Crippen molar-refractivity contribution < 1.29 is 13.5 Å². The average Bonchev–Trinajstić information content (AvgIpc) is 3.57. The predicted octanol–water partition coefficient (Wildman–Crippen LogP) is 0.0304. The molecule has 40 heavy (non-hydrogen) atoms. The van der Waals surface area contributed by atoms with Crippen molar-refractivity contribution in [3.05, 3.63) is 63.0 Å². The molecule has 15 heteroatoms. The summed E-state index contributed by atoms with van der Waals surface area (Å²) >= 11 is 0. The number of aromatic amines is 2. The van der Waals surface area contributed by atoms with Crippen LogP contribution in [0.5, 0.6) is 5.88 Å². The number of nitriles is 1. The summed E-state index contributed by atoms with van der Waals surface area (Å²) in [5.41, 5.74) is 0.823. The number of imidazole rings is 1. The van der Waals surface area contributed by atoms with Gasteiger partial charge in [0.25, 0.3) is 5.62 Å². The molecule has 3 heterocycles. The van der Waals surface area contributed by atoms with Crippen molar-refractivity contribution in [3.63, 3.8) is 0 Å². The lowest BCUT2D eigenvalue weighted by molar-refractivity contribution is 0.386. The zero-order chi connectivity index (χ0) is 27.9. The monoisotopic (exact) mass is 562 g/mol. The molecule has 1 aromatic carbocycles. The Balaban J connectivity index is 1.21. The van der Waals surface area contributed by atoms with Crippen molar-refractivity contribution in [2.75, 3.05) is 5.32 Å². The number of rotatable bonds is 7. The molecule has 2 aliphatic rings. The van der Waals surface area contributed by atoms with Crippen LogP contribution in [0.15, 0.2) is 45.1 Å². The molecule has 4 aromatic rings. The number of H-pyrrole nitrogens is 2. The van der Waals surface area contributed by atoms with Gasteiger partial charge in [0, 0.05) is 17.3 Å². The highest BCUT2D eigenvalue weighted by Gasteiger charge is 2.27. The van der Waals surface area contributed by atoms with Gasteiger partial charge < -0.3 is 15.4 Å². The highest BCUT2D eigenvalue weighted by atomic mass is 32.2. The van der Waals surface area contributed by atoms with E-state index >= 15 is 0 Å². The molecule has 2 saturated carbocycles. The first kappa shape index (κ1) is 25.7. The lowest BCUT2D eigenvalue weighted by Gasteiger charge is -2.29. The molecule has 0 radical (unpaired) electrons. The quantitative estimate of drug-likeness (QED) is 0.206. The van der Waals surface area contributed by atoms with Gasteiger partial charge in [-0.05, 0) is 62.8 Å². The fourth-order valence-electron chi connectivity index (χ4n) is 4.70. The molecule has 0 spiro atoms. The molecule has 14 nitrogen and oxygen atoms in total. The van der Waals surface area contributed by atoms with Gasteiger partial charge in [0.15, 0.2) is 5.65 Å². The first-order chi connectivity index (χ1) is 19.3. The van der Waals surface area contributed by atoms with Crippen molar-refractivity contribution >= 4 is 27.7 Å². The first-order valence-corrected chi connectivity index (χ1v) is 14.4. The molecule has 206 valence electrons.